The zero-order valence-electron chi connectivity index (χ0n) is 14.3. The van der Waals surface area contributed by atoms with Crippen molar-refractivity contribution in [2.45, 2.75) is 31.8 Å². The highest BCUT2D eigenvalue weighted by atomic mass is 16.8. The first kappa shape index (κ1) is 18.8. The monoisotopic (exact) mass is 353 g/mol. The van der Waals surface area contributed by atoms with Gasteiger partial charge in [-0.05, 0) is 0 Å². The average molecular weight is 353 g/mol. The molecule has 1 aromatic rings. The van der Waals surface area contributed by atoms with E-state index in [1.165, 1.54) is 18.2 Å². The predicted molar refractivity (Wildman–Crippen MR) is 83.4 cm³/mol. The van der Waals surface area contributed by atoms with Crippen molar-refractivity contribution < 1.29 is 33.5 Å². The number of methoxy groups -OCH3 is 2. The standard InChI is InChI=1S/C16H19NO8/c1-9(2)16(10-6-5-7-11(8-10)17(20)21)24-12(14(18)22-3)13(25-16)15(19)23-4/h5-9,12-13H,1-4H3. The fourth-order valence-electron chi connectivity index (χ4n) is 2.68. The highest BCUT2D eigenvalue weighted by Crippen LogP contribution is 2.44. The Labute approximate surface area is 144 Å². The first-order valence-corrected chi connectivity index (χ1v) is 7.53. The maximum Gasteiger partial charge on any atom is 0.338 e. The Kier molecular flexibility index (Phi) is 5.39. The Balaban J connectivity index is 2.53. The zero-order chi connectivity index (χ0) is 18.8. The van der Waals surface area contributed by atoms with Gasteiger partial charge in [0.1, 0.15) is 0 Å². The molecule has 0 aromatic heterocycles. The van der Waals surface area contributed by atoms with Gasteiger partial charge >= 0.3 is 11.9 Å². The smallest absolute Gasteiger partial charge is 0.338 e. The molecule has 1 saturated heterocycles. The van der Waals surface area contributed by atoms with Gasteiger partial charge in [-0.15, -0.1) is 0 Å². The fraction of sp³-hybridized carbons (Fsp3) is 0.500. The molecule has 0 radical (unpaired) electrons. The minimum Gasteiger partial charge on any atom is -0.467 e. The number of carbonyl (C=O) groups excluding carboxylic acids is 2. The Morgan fingerprint density at radius 2 is 1.68 bits per heavy atom. The van der Waals surface area contributed by atoms with Crippen LogP contribution in [0.15, 0.2) is 24.3 Å². The molecule has 0 bridgehead atoms. The van der Waals surface area contributed by atoms with E-state index in [2.05, 4.69) is 9.47 Å². The number of nitro groups is 1. The van der Waals surface area contributed by atoms with Crippen LogP contribution >= 0.6 is 0 Å². The summed E-state index contributed by atoms with van der Waals surface area (Å²) in [5.41, 5.74) is 0.151. The summed E-state index contributed by atoms with van der Waals surface area (Å²) in [4.78, 5) is 34.5. The van der Waals surface area contributed by atoms with Crippen molar-refractivity contribution in [2.24, 2.45) is 5.92 Å². The van der Waals surface area contributed by atoms with Crippen LogP contribution in [-0.4, -0.2) is 43.3 Å². The van der Waals surface area contributed by atoms with Crippen LogP contribution in [-0.2, 0) is 34.3 Å². The van der Waals surface area contributed by atoms with Crippen molar-refractivity contribution in [3.8, 4) is 0 Å². The molecule has 2 atom stereocenters. The summed E-state index contributed by atoms with van der Waals surface area (Å²) in [6, 6.07) is 5.65. The Morgan fingerprint density at radius 1 is 1.16 bits per heavy atom. The number of carbonyl (C=O) groups is 2. The maximum atomic E-state index is 12.0. The highest BCUT2D eigenvalue weighted by Gasteiger charge is 2.57. The number of benzene rings is 1. The topological polar surface area (TPSA) is 114 Å². The van der Waals surface area contributed by atoms with Crippen molar-refractivity contribution in [2.75, 3.05) is 14.2 Å². The van der Waals surface area contributed by atoms with E-state index in [9.17, 15) is 19.7 Å². The van der Waals surface area contributed by atoms with Crippen molar-refractivity contribution in [1.82, 2.24) is 0 Å². The number of rotatable bonds is 5. The number of hydrogen-bond acceptors (Lipinski definition) is 8. The largest absolute Gasteiger partial charge is 0.467 e. The van der Waals surface area contributed by atoms with Gasteiger partial charge in [-0.25, -0.2) is 9.59 Å². The van der Waals surface area contributed by atoms with E-state index in [1.807, 2.05) is 0 Å². The van der Waals surface area contributed by atoms with E-state index in [0.29, 0.717) is 5.56 Å². The van der Waals surface area contributed by atoms with E-state index >= 15 is 0 Å². The number of non-ortho nitro benzene ring substituents is 1. The molecule has 25 heavy (non-hydrogen) atoms. The van der Waals surface area contributed by atoms with Crippen LogP contribution in [0.2, 0.25) is 0 Å². The second-order valence-corrected chi connectivity index (χ2v) is 5.75. The first-order valence-electron chi connectivity index (χ1n) is 7.53. The van der Waals surface area contributed by atoms with Gasteiger partial charge in [0.2, 0.25) is 0 Å². The van der Waals surface area contributed by atoms with E-state index in [1.54, 1.807) is 19.9 Å². The van der Waals surface area contributed by atoms with E-state index in [-0.39, 0.29) is 11.6 Å². The number of hydrogen-bond donors (Lipinski definition) is 0. The fourth-order valence-corrected chi connectivity index (χ4v) is 2.68. The van der Waals surface area contributed by atoms with Crippen molar-refractivity contribution in [3.63, 3.8) is 0 Å². The lowest BCUT2D eigenvalue weighted by molar-refractivity contribution is -0.385. The molecule has 0 amide bonds. The molecule has 1 aromatic carbocycles. The molecule has 136 valence electrons. The van der Waals surface area contributed by atoms with Gasteiger partial charge in [0, 0.05) is 23.6 Å². The molecule has 0 N–H and O–H groups in total. The number of nitro benzene ring substituents is 1. The SMILES string of the molecule is COC(=O)C1OC(c2cccc([N+](=O)[O-])c2)(C(C)C)OC1C(=O)OC. The number of ether oxygens (including phenoxy) is 4. The molecule has 0 saturated carbocycles. The van der Waals surface area contributed by atoms with Gasteiger partial charge in [0.05, 0.1) is 19.1 Å². The molecular formula is C16H19NO8. The van der Waals surface area contributed by atoms with Gasteiger partial charge < -0.3 is 18.9 Å². The van der Waals surface area contributed by atoms with Gasteiger partial charge in [0.25, 0.3) is 5.69 Å². The summed E-state index contributed by atoms with van der Waals surface area (Å²) in [6.45, 7) is 3.49. The molecule has 1 fully saturated rings. The van der Waals surface area contributed by atoms with Crippen LogP contribution in [0.3, 0.4) is 0 Å². The summed E-state index contributed by atoms with van der Waals surface area (Å²) in [6.07, 6.45) is -2.70. The number of esters is 2. The third-order valence-electron chi connectivity index (χ3n) is 3.97. The summed E-state index contributed by atoms with van der Waals surface area (Å²) in [7, 11) is 2.31. The van der Waals surface area contributed by atoms with E-state index < -0.39 is 34.9 Å². The third kappa shape index (κ3) is 3.33. The van der Waals surface area contributed by atoms with E-state index in [4.69, 9.17) is 9.47 Å². The van der Waals surface area contributed by atoms with E-state index in [0.717, 1.165) is 14.2 Å². The lowest BCUT2D eigenvalue weighted by atomic mass is 9.94. The normalized spacial score (nSPS) is 25.6. The minimum atomic E-state index is -1.54. The summed E-state index contributed by atoms with van der Waals surface area (Å²) < 4.78 is 20.9. The molecule has 2 rings (SSSR count). The van der Waals surface area contributed by atoms with Crippen LogP contribution in [0.5, 0.6) is 0 Å². The predicted octanol–water partition coefficient (Wildman–Crippen LogP) is 1.53. The summed E-state index contributed by atoms with van der Waals surface area (Å²) in [5.74, 6) is -3.52. The van der Waals surface area contributed by atoms with Crippen molar-refractivity contribution >= 4 is 17.6 Å². The molecule has 9 nitrogen and oxygen atoms in total. The van der Waals surface area contributed by atoms with Gasteiger partial charge in [-0.2, -0.15) is 0 Å². The van der Waals surface area contributed by atoms with Crippen LogP contribution in [0.4, 0.5) is 5.69 Å². The lowest BCUT2D eigenvalue weighted by Gasteiger charge is -2.32. The third-order valence-corrected chi connectivity index (χ3v) is 3.97. The minimum absolute atomic E-state index is 0.166. The van der Waals surface area contributed by atoms with Crippen LogP contribution in [0.25, 0.3) is 0 Å². The first-order chi connectivity index (χ1) is 11.8. The van der Waals surface area contributed by atoms with Gasteiger partial charge in [0.15, 0.2) is 18.0 Å². The molecule has 1 aliphatic rings. The summed E-state index contributed by atoms with van der Waals surface area (Å²) in [5, 5.41) is 11.1. The summed E-state index contributed by atoms with van der Waals surface area (Å²) >= 11 is 0. The van der Waals surface area contributed by atoms with Crippen LogP contribution in [0.1, 0.15) is 19.4 Å². The van der Waals surface area contributed by atoms with Crippen LogP contribution in [0, 0.1) is 16.0 Å². The molecule has 0 spiro atoms. The van der Waals surface area contributed by atoms with Crippen molar-refractivity contribution in [3.05, 3.63) is 39.9 Å². The molecule has 1 heterocycles. The second-order valence-electron chi connectivity index (χ2n) is 5.75. The lowest BCUT2D eigenvalue weighted by Crippen LogP contribution is -2.38. The quantitative estimate of drug-likeness (QED) is 0.445. The van der Waals surface area contributed by atoms with Gasteiger partial charge in [-0.3, -0.25) is 10.1 Å². The average Bonchev–Trinajstić information content (AvgIpc) is 3.02. The zero-order valence-corrected chi connectivity index (χ0v) is 14.3. The molecule has 1 aliphatic heterocycles. The molecular weight excluding hydrogens is 334 g/mol. The van der Waals surface area contributed by atoms with Crippen LogP contribution < -0.4 is 0 Å². The molecule has 2 unspecified atom stereocenters. The second kappa shape index (κ2) is 7.16. The highest BCUT2D eigenvalue weighted by molar-refractivity contribution is 5.86. The molecule has 9 heteroatoms. The molecule has 0 aliphatic carbocycles. The van der Waals surface area contributed by atoms with Gasteiger partial charge in [-0.1, -0.05) is 26.0 Å². The Morgan fingerprint density at radius 3 is 2.08 bits per heavy atom. The van der Waals surface area contributed by atoms with Crippen molar-refractivity contribution in [1.29, 1.82) is 0 Å². The Hall–Kier alpha value is -2.52. The maximum absolute atomic E-state index is 12.0. The number of nitrogens with zero attached hydrogens (tertiary/aromatic N) is 1. The Bertz CT molecular complexity index is 662.